The van der Waals surface area contributed by atoms with E-state index in [2.05, 4.69) is 16.7 Å². The van der Waals surface area contributed by atoms with Crippen LogP contribution in [-0.4, -0.2) is 11.9 Å². The van der Waals surface area contributed by atoms with Crippen molar-refractivity contribution < 1.29 is 9.18 Å². The third-order valence-electron chi connectivity index (χ3n) is 3.11. The molecule has 0 aliphatic rings. The topological polar surface area (TPSA) is 41.1 Å². The van der Waals surface area contributed by atoms with Gasteiger partial charge in [-0.1, -0.05) is 6.07 Å². The van der Waals surface area contributed by atoms with E-state index in [1.165, 1.54) is 24.3 Å². The van der Waals surface area contributed by atoms with E-state index in [9.17, 15) is 9.18 Å². The molecule has 0 radical (unpaired) electrons. The average Bonchev–Trinajstić information content (AvgIpc) is 2.40. The first-order chi connectivity index (χ1) is 9.94. The molecule has 1 amide bonds. The van der Waals surface area contributed by atoms with Gasteiger partial charge >= 0.3 is 0 Å². The second kappa shape index (κ2) is 6.39. The molecule has 0 heterocycles. The molecule has 2 rings (SSSR count). The summed E-state index contributed by atoms with van der Waals surface area (Å²) in [5, 5.41) is 5.92. The molecule has 0 bridgehead atoms. The highest BCUT2D eigenvalue weighted by atomic mass is 19.1. The summed E-state index contributed by atoms with van der Waals surface area (Å²) in [6.45, 7) is 5.82. The normalized spacial score (nSPS) is 11.8. The second-order valence-corrected chi connectivity index (χ2v) is 5.24. The highest BCUT2D eigenvalue weighted by molar-refractivity contribution is 5.96. The molecule has 21 heavy (non-hydrogen) atoms. The maximum absolute atomic E-state index is 12.8. The van der Waals surface area contributed by atoms with Crippen molar-refractivity contribution in [3.05, 3.63) is 59.4 Å². The molecule has 3 nitrogen and oxygen atoms in total. The van der Waals surface area contributed by atoms with Gasteiger partial charge in [0.2, 0.25) is 5.91 Å². The maximum Gasteiger partial charge on any atom is 0.246 e. The SMILES string of the molecule is Cc1cc(C)cc(NC(C)C(=O)Nc2ccc(F)cc2)c1. The number of amides is 1. The first kappa shape index (κ1) is 15.0. The zero-order valence-electron chi connectivity index (χ0n) is 12.4. The number of aryl methyl sites for hydroxylation is 2. The van der Waals surface area contributed by atoms with E-state index in [-0.39, 0.29) is 11.7 Å². The number of hydrogen-bond acceptors (Lipinski definition) is 2. The molecule has 2 aromatic carbocycles. The number of anilines is 2. The van der Waals surface area contributed by atoms with E-state index in [0.29, 0.717) is 5.69 Å². The quantitative estimate of drug-likeness (QED) is 0.895. The minimum atomic E-state index is -0.392. The molecule has 0 saturated carbocycles. The minimum Gasteiger partial charge on any atom is -0.374 e. The van der Waals surface area contributed by atoms with Crippen molar-refractivity contribution in [2.75, 3.05) is 10.6 Å². The Morgan fingerprint density at radius 2 is 1.57 bits per heavy atom. The lowest BCUT2D eigenvalue weighted by molar-refractivity contribution is -0.116. The summed E-state index contributed by atoms with van der Waals surface area (Å²) in [4.78, 5) is 12.1. The Morgan fingerprint density at radius 1 is 1.00 bits per heavy atom. The van der Waals surface area contributed by atoms with Gasteiger partial charge in [-0.15, -0.1) is 0 Å². The van der Waals surface area contributed by atoms with Gasteiger partial charge in [0, 0.05) is 11.4 Å². The van der Waals surface area contributed by atoms with Crippen LogP contribution in [0.3, 0.4) is 0 Å². The Morgan fingerprint density at radius 3 is 2.14 bits per heavy atom. The number of benzene rings is 2. The Hall–Kier alpha value is -2.36. The predicted molar refractivity (Wildman–Crippen MR) is 84.0 cm³/mol. The van der Waals surface area contributed by atoms with Crippen molar-refractivity contribution in [1.29, 1.82) is 0 Å². The van der Waals surface area contributed by atoms with Gasteiger partial charge in [0.25, 0.3) is 0 Å². The maximum atomic E-state index is 12.8. The number of carbonyl (C=O) groups excluding carboxylic acids is 1. The van der Waals surface area contributed by atoms with Crippen molar-refractivity contribution in [2.24, 2.45) is 0 Å². The number of hydrogen-bond donors (Lipinski definition) is 2. The fourth-order valence-electron chi connectivity index (χ4n) is 2.16. The van der Waals surface area contributed by atoms with Crippen molar-refractivity contribution in [2.45, 2.75) is 26.8 Å². The molecule has 0 fully saturated rings. The Kier molecular flexibility index (Phi) is 4.58. The largest absolute Gasteiger partial charge is 0.374 e. The third kappa shape index (κ3) is 4.31. The highest BCUT2D eigenvalue weighted by Gasteiger charge is 2.13. The molecular formula is C17H19FN2O. The second-order valence-electron chi connectivity index (χ2n) is 5.24. The molecule has 2 N–H and O–H groups in total. The first-order valence-electron chi connectivity index (χ1n) is 6.85. The van der Waals surface area contributed by atoms with Crippen LogP contribution >= 0.6 is 0 Å². The predicted octanol–water partition coefficient (Wildman–Crippen LogP) is 3.88. The molecule has 1 atom stereocenters. The van der Waals surface area contributed by atoms with Gasteiger partial charge in [-0.2, -0.15) is 0 Å². The van der Waals surface area contributed by atoms with E-state index in [1.54, 1.807) is 6.92 Å². The van der Waals surface area contributed by atoms with Crippen LogP contribution in [0.4, 0.5) is 15.8 Å². The first-order valence-corrected chi connectivity index (χ1v) is 6.85. The molecule has 4 heteroatoms. The van der Waals surface area contributed by atoms with E-state index >= 15 is 0 Å². The molecule has 0 saturated heterocycles. The van der Waals surface area contributed by atoms with Crippen LogP contribution in [0, 0.1) is 19.7 Å². The molecule has 110 valence electrons. The number of carbonyl (C=O) groups is 1. The Bertz CT molecular complexity index is 617. The van der Waals surface area contributed by atoms with Gasteiger partial charge in [0.15, 0.2) is 0 Å². The molecule has 2 aromatic rings. The van der Waals surface area contributed by atoms with Gasteiger partial charge in [0.1, 0.15) is 11.9 Å². The zero-order valence-corrected chi connectivity index (χ0v) is 12.4. The van der Waals surface area contributed by atoms with Crippen LogP contribution < -0.4 is 10.6 Å². The number of nitrogens with one attached hydrogen (secondary N) is 2. The van der Waals surface area contributed by atoms with Crippen molar-refractivity contribution in [3.63, 3.8) is 0 Å². The summed E-state index contributed by atoms with van der Waals surface area (Å²) < 4.78 is 12.8. The molecule has 0 aromatic heterocycles. The van der Waals surface area contributed by atoms with E-state index < -0.39 is 6.04 Å². The van der Waals surface area contributed by atoms with Gasteiger partial charge in [-0.25, -0.2) is 4.39 Å². The fraction of sp³-hybridized carbons (Fsp3) is 0.235. The lowest BCUT2D eigenvalue weighted by Gasteiger charge is -2.16. The molecular weight excluding hydrogens is 267 g/mol. The van der Waals surface area contributed by atoms with Gasteiger partial charge < -0.3 is 10.6 Å². The Labute approximate surface area is 124 Å². The van der Waals surface area contributed by atoms with Crippen LogP contribution in [0.5, 0.6) is 0 Å². The van der Waals surface area contributed by atoms with Gasteiger partial charge in [0.05, 0.1) is 0 Å². The average molecular weight is 286 g/mol. The lowest BCUT2D eigenvalue weighted by atomic mass is 10.1. The van der Waals surface area contributed by atoms with Crippen LogP contribution in [0.2, 0.25) is 0 Å². The number of rotatable bonds is 4. The lowest BCUT2D eigenvalue weighted by Crippen LogP contribution is -2.31. The van der Waals surface area contributed by atoms with Crippen LogP contribution in [0.25, 0.3) is 0 Å². The van der Waals surface area contributed by atoms with Crippen LogP contribution in [0.1, 0.15) is 18.1 Å². The summed E-state index contributed by atoms with van der Waals surface area (Å²) in [7, 11) is 0. The molecule has 0 aliphatic heterocycles. The minimum absolute atomic E-state index is 0.166. The zero-order chi connectivity index (χ0) is 15.4. The summed E-state index contributed by atoms with van der Waals surface area (Å²) in [6, 6.07) is 11.4. The highest BCUT2D eigenvalue weighted by Crippen LogP contribution is 2.15. The van der Waals surface area contributed by atoms with Gasteiger partial charge in [-0.3, -0.25) is 4.79 Å². The Balaban J connectivity index is 2.00. The van der Waals surface area contributed by atoms with Crippen molar-refractivity contribution in [3.8, 4) is 0 Å². The summed E-state index contributed by atoms with van der Waals surface area (Å²) >= 11 is 0. The van der Waals surface area contributed by atoms with Crippen molar-refractivity contribution >= 4 is 17.3 Å². The van der Waals surface area contributed by atoms with Gasteiger partial charge in [-0.05, 0) is 68.3 Å². The third-order valence-corrected chi connectivity index (χ3v) is 3.11. The summed E-state index contributed by atoms with van der Waals surface area (Å²) in [5.74, 6) is -0.491. The fourth-order valence-corrected chi connectivity index (χ4v) is 2.16. The smallest absolute Gasteiger partial charge is 0.246 e. The van der Waals surface area contributed by atoms with E-state index in [4.69, 9.17) is 0 Å². The molecule has 0 spiro atoms. The van der Waals surface area contributed by atoms with E-state index in [1.807, 2.05) is 26.0 Å². The number of halogens is 1. The molecule has 1 unspecified atom stereocenters. The van der Waals surface area contributed by atoms with Crippen molar-refractivity contribution in [1.82, 2.24) is 0 Å². The summed E-state index contributed by atoms with van der Waals surface area (Å²) in [5.41, 5.74) is 3.78. The standard InChI is InChI=1S/C17H19FN2O/c1-11-8-12(2)10-16(9-11)19-13(3)17(21)20-15-6-4-14(18)5-7-15/h4-10,13,19H,1-3H3,(H,20,21). The monoisotopic (exact) mass is 286 g/mol. The van der Waals surface area contributed by atoms with Crippen LogP contribution in [0.15, 0.2) is 42.5 Å². The summed E-state index contributed by atoms with van der Waals surface area (Å²) in [6.07, 6.45) is 0. The van der Waals surface area contributed by atoms with E-state index in [0.717, 1.165) is 16.8 Å². The molecule has 0 aliphatic carbocycles. The van der Waals surface area contributed by atoms with Crippen LogP contribution in [-0.2, 0) is 4.79 Å².